The average molecular weight is 339 g/mol. The van der Waals surface area contributed by atoms with Gasteiger partial charge in [-0.05, 0) is 47.4 Å². The van der Waals surface area contributed by atoms with Gasteiger partial charge in [-0.15, -0.1) is 11.3 Å². The van der Waals surface area contributed by atoms with E-state index in [0.29, 0.717) is 6.54 Å². The Hall–Kier alpha value is 0.0500. The van der Waals surface area contributed by atoms with Gasteiger partial charge in [0.1, 0.15) is 0 Å². The molecule has 1 aromatic heterocycles. The predicted octanol–water partition coefficient (Wildman–Crippen LogP) is 1.54. The zero-order valence-corrected chi connectivity index (χ0v) is 12.5. The van der Waals surface area contributed by atoms with Crippen molar-refractivity contribution in [2.45, 2.75) is 13.0 Å². The van der Waals surface area contributed by atoms with Crippen LogP contribution in [0.15, 0.2) is 15.9 Å². The molecule has 1 saturated heterocycles. The molecule has 0 radical (unpaired) electrons. The van der Waals surface area contributed by atoms with Crippen molar-refractivity contribution in [3.63, 3.8) is 0 Å². The van der Waals surface area contributed by atoms with Gasteiger partial charge >= 0.3 is 0 Å². The van der Waals surface area contributed by atoms with Gasteiger partial charge < -0.3 is 5.32 Å². The lowest BCUT2D eigenvalue weighted by Crippen LogP contribution is -2.30. The molecule has 0 saturated carbocycles. The third kappa shape index (κ3) is 4.33. The Morgan fingerprint density at radius 2 is 2.41 bits per heavy atom. The summed E-state index contributed by atoms with van der Waals surface area (Å²) in [6, 6.07) is 1.93. The molecule has 1 aliphatic heterocycles. The molecule has 96 valence electrons. The van der Waals surface area contributed by atoms with Crippen molar-refractivity contribution < 1.29 is 8.42 Å². The van der Waals surface area contributed by atoms with Gasteiger partial charge in [0.2, 0.25) is 10.0 Å². The maximum Gasteiger partial charge on any atom is 0.212 e. The maximum absolute atomic E-state index is 11.8. The van der Waals surface area contributed by atoms with Crippen LogP contribution in [-0.4, -0.2) is 27.3 Å². The van der Waals surface area contributed by atoms with E-state index in [1.165, 1.54) is 0 Å². The van der Waals surface area contributed by atoms with Crippen LogP contribution in [-0.2, 0) is 16.6 Å². The summed E-state index contributed by atoms with van der Waals surface area (Å²) in [5.74, 6) is 0.481. The van der Waals surface area contributed by atoms with Crippen molar-refractivity contribution in [1.82, 2.24) is 10.0 Å². The highest BCUT2D eigenvalue weighted by molar-refractivity contribution is 9.10. The zero-order chi connectivity index (χ0) is 12.3. The lowest BCUT2D eigenvalue weighted by atomic mass is 10.2. The van der Waals surface area contributed by atoms with Gasteiger partial charge in [0.15, 0.2) is 0 Å². The van der Waals surface area contributed by atoms with E-state index in [2.05, 4.69) is 26.0 Å². The van der Waals surface area contributed by atoms with E-state index in [1.807, 2.05) is 11.4 Å². The first-order chi connectivity index (χ1) is 8.05. The summed E-state index contributed by atoms with van der Waals surface area (Å²) in [4.78, 5) is 1.02. The van der Waals surface area contributed by atoms with Crippen molar-refractivity contribution >= 4 is 37.3 Å². The molecule has 1 aliphatic rings. The van der Waals surface area contributed by atoms with Crippen LogP contribution in [0, 0.1) is 5.92 Å². The van der Waals surface area contributed by atoms with E-state index in [1.54, 1.807) is 11.3 Å². The van der Waals surface area contributed by atoms with Gasteiger partial charge in [-0.3, -0.25) is 0 Å². The Morgan fingerprint density at radius 3 is 3.00 bits per heavy atom. The summed E-state index contributed by atoms with van der Waals surface area (Å²) in [5.41, 5.74) is 0. The molecule has 7 heteroatoms. The summed E-state index contributed by atoms with van der Waals surface area (Å²) < 4.78 is 27.3. The largest absolute Gasteiger partial charge is 0.316 e. The standard InChI is InChI=1S/C10H15BrN2O2S2/c11-9-3-10(16-6-9)5-13-17(14,15)7-8-1-2-12-4-8/h3,6,8,12-13H,1-2,4-5,7H2. The topological polar surface area (TPSA) is 58.2 Å². The SMILES string of the molecule is O=S(=O)(CC1CCNC1)NCc1cc(Br)cs1. The van der Waals surface area contributed by atoms with Crippen molar-refractivity contribution in [2.75, 3.05) is 18.8 Å². The Labute approximate surface area is 114 Å². The van der Waals surface area contributed by atoms with Crippen LogP contribution in [0.1, 0.15) is 11.3 Å². The molecule has 1 unspecified atom stereocenters. The molecule has 2 N–H and O–H groups in total. The summed E-state index contributed by atoms with van der Waals surface area (Å²) in [6.07, 6.45) is 0.950. The monoisotopic (exact) mass is 338 g/mol. The molecule has 1 atom stereocenters. The molecular formula is C10H15BrN2O2S2. The molecule has 0 bridgehead atoms. The number of hydrogen-bond donors (Lipinski definition) is 2. The highest BCUT2D eigenvalue weighted by Crippen LogP contribution is 2.19. The molecule has 17 heavy (non-hydrogen) atoms. The minimum Gasteiger partial charge on any atom is -0.316 e. The van der Waals surface area contributed by atoms with Crippen LogP contribution in [0.3, 0.4) is 0 Å². The summed E-state index contributed by atoms with van der Waals surface area (Å²) >= 11 is 4.90. The Bertz CT molecular complexity index is 466. The van der Waals surface area contributed by atoms with Crippen LogP contribution in [0.2, 0.25) is 0 Å². The fourth-order valence-electron chi connectivity index (χ4n) is 1.85. The molecular weight excluding hydrogens is 324 g/mol. The quantitative estimate of drug-likeness (QED) is 0.856. The van der Waals surface area contributed by atoms with Crippen LogP contribution in [0.5, 0.6) is 0 Å². The number of thiophene rings is 1. The third-order valence-electron chi connectivity index (χ3n) is 2.71. The van der Waals surface area contributed by atoms with Crippen molar-refractivity contribution in [2.24, 2.45) is 5.92 Å². The minimum absolute atomic E-state index is 0.229. The van der Waals surface area contributed by atoms with Gasteiger partial charge in [-0.1, -0.05) is 0 Å². The Morgan fingerprint density at radius 1 is 1.59 bits per heavy atom. The van der Waals surface area contributed by atoms with Gasteiger partial charge in [-0.2, -0.15) is 0 Å². The molecule has 0 aromatic carbocycles. The van der Waals surface area contributed by atoms with Crippen molar-refractivity contribution in [3.05, 3.63) is 20.8 Å². The first kappa shape index (κ1) is 13.5. The molecule has 2 heterocycles. The normalized spacial score (nSPS) is 20.9. The lowest BCUT2D eigenvalue weighted by molar-refractivity contribution is 0.558. The van der Waals surface area contributed by atoms with Gasteiger partial charge in [0, 0.05) is 21.3 Å². The molecule has 0 spiro atoms. The molecule has 0 amide bonds. The minimum atomic E-state index is -3.15. The molecule has 4 nitrogen and oxygen atoms in total. The number of rotatable bonds is 5. The summed E-state index contributed by atoms with van der Waals surface area (Å²) in [5, 5.41) is 5.12. The Balaban J connectivity index is 1.84. The maximum atomic E-state index is 11.8. The number of nitrogens with one attached hydrogen (secondary N) is 2. The van der Waals surface area contributed by atoms with Gasteiger partial charge in [-0.25, -0.2) is 13.1 Å². The smallest absolute Gasteiger partial charge is 0.212 e. The highest BCUT2D eigenvalue weighted by Gasteiger charge is 2.21. The van der Waals surface area contributed by atoms with E-state index in [4.69, 9.17) is 0 Å². The average Bonchev–Trinajstić information content (AvgIpc) is 2.86. The Kier molecular flexibility index (Phi) is 4.59. The third-order valence-corrected chi connectivity index (χ3v) is 5.90. The van der Waals surface area contributed by atoms with E-state index in [0.717, 1.165) is 28.9 Å². The second-order valence-corrected chi connectivity index (χ2v) is 7.96. The van der Waals surface area contributed by atoms with E-state index < -0.39 is 10.0 Å². The number of sulfonamides is 1. The van der Waals surface area contributed by atoms with Gasteiger partial charge in [0.05, 0.1) is 5.75 Å². The number of hydrogen-bond acceptors (Lipinski definition) is 4. The first-order valence-electron chi connectivity index (χ1n) is 5.46. The molecule has 0 aliphatic carbocycles. The zero-order valence-electron chi connectivity index (χ0n) is 9.28. The van der Waals surface area contributed by atoms with E-state index in [9.17, 15) is 8.42 Å². The second-order valence-electron chi connectivity index (χ2n) is 4.19. The first-order valence-corrected chi connectivity index (χ1v) is 8.78. The highest BCUT2D eigenvalue weighted by atomic mass is 79.9. The van der Waals surface area contributed by atoms with Crippen LogP contribution in [0.25, 0.3) is 0 Å². The van der Waals surface area contributed by atoms with E-state index in [-0.39, 0.29) is 11.7 Å². The summed E-state index contributed by atoms with van der Waals surface area (Å²) in [7, 11) is -3.15. The lowest BCUT2D eigenvalue weighted by Gasteiger charge is -2.09. The van der Waals surface area contributed by atoms with Crippen LogP contribution in [0.4, 0.5) is 0 Å². The van der Waals surface area contributed by atoms with Gasteiger partial charge in [0.25, 0.3) is 0 Å². The van der Waals surface area contributed by atoms with E-state index >= 15 is 0 Å². The predicted molar refractivity (Wildman–Crippen MR) is 73.6 cm³/mol. The van der Waals surface area contributed by atoms with Crippen molar-refractivity contribution in [3.8, 4) is 0 Å². The summed E-state index contributed by atoms with van der Waals surface area (Å²) in [6.45, 7) is 2.13. The molecule has 1 fully saturated rings. The fourth-order valence-corrected chi connectivity index (χ4v) is 4.73. The number of halogens is 1. The fraction of sp³-hybridized carbons (Fsp3) is 0.600. The molecule has 1 aromatic rings. The van der Waals surface area contributed by atoms with Crippen molar-refractivity contribution in [1.29, 1.82) is 0 Å². The molecule has 2 rings (SSSR count). The van der Waals surface area contributed by atoms with Crippen LogP contribution >= 0.6 is 27.3 Å². The second kappa shape index (κ2) is 5.79. The van der Waals surface area contributed by atoms with Crippen LogP contribution < -0.4 is 10.0 Å².